The molecule has 0 radical (unpaired) electrons. The maximum absolute atomic E-state index is 11.8. The molecule has 3 nitrogen and oxygen atoms in total. The molecule has 0 bridgehead atoms. The monoisotopic (exact) mass is 285 g/mol. The minimum atomic E-state index is -3.20. The number of sulfone groups is 1. The molecule has 0 heterocycles. The second-order valence-electron chi connectivity index (χ2n) is 4.97. The summed E-state index contributed by atoms with van der Waals surface area (Å²) in [5, 5.41) is 0. The lowest BCUT2D eigenvalue weighted by Crippen LogP contribution is -2.34. The molecule has 0 spiro atoms. The summed E-state index contributed by atoms with van der Waals surface area (Å²) in [6.07, 6.45) is 7.28. The molecule has 0 unspecified atom stereocenters. The van der Waals surface area contributed by atoms with E-state index in [0.29, 0.717) is 4.90 Å². The number of rotatable bonds is 3. The van der Waals surface area contributed by atoms with Gasteiger partial charge in [0.15, 0.2) is 9.84 Å². The maximum Gasteiger partial charge on any atom is 0.176 e. The normalized spacial score (nSPS) is 19.1. The summed E-state index contributed by atoms with van der Waals surface area (Å²) in [6, 6.07) is 5.45. The molecule has 5 heteroatoms. The molecule has 0 aromatic heterocycles. The van der Waals surface area contributed by atoms with Crippen LogP contribution < -0.4 is 5.73 Å². The zero-order valence-electron chi connectivity index (χ0n) is 10.8. The molecule has 1 fully saturated rings. The van der Waals surface area contributed by atoms with Gasteiger partial charge in [0, 0.05) is 16.7 Å². The van der Waals surface area contributed by atoms with Crippen molar-refractivity contribution in [1.29, 1.82) is 0 Å². The van der Waals surface area contributed by atoms with E-state index in [1.807, 2.05) is 12.3 Å². The zero-order chi connectivity index (χ0) is 13.4. The van der Waals surface area contributed by atoms with Gasteiger partial charge in [-0.2, -0.15) is 0 Å². The highest BCUT2D eigenvalue weighted by atomic mass is 32.2. The fraction of sp³-hybridized carbons (Fsp3) is 0.538. The van der Waals surface area contributed by atoms with E-state index in [0.717, 1.165) is 36.1 Å². The Bertz CT molecular complexity index is 546. The van der Waals surface area contributed by atoms with Crippen LogP contribution in [-0.2, 0) is 15.4 Å². The van der Waals surface area contributed by atoms with Crippen LogP contribution in [0.25, 0.3) is 0 Å². The second-order valence-corrected chi connectivity index (χ2v) is 7.77. The second kappa shape index (κ2) is 4.87. The quantitative estimate of drug-likeness (QED) is 0.867. The van der Waals surface area contributed by atoms with Crippen molar-refractivity contribution in [2.45, 2.75) is 41.0 Å². The molecular formula is C13H19NO2S2. The molecule has 2 rings (SSSR count). The lowest BCUT2D eigenvalue weighted by atomic mass is 9.89. The highest BCUT2D eigenvalue weighted by molar-refractivity contribution is 7.99. The van der Waals surface area contributed by atoms with Gasteiger partial charge >= 0.3 is 0 Å². The molecule has 1 aromatic carbocycles. The fourth-order valence-corrected chi connectivity index (χ4v) is 4.92. The highest BCUT2D eigenvalue weighted by Crippen LogP contribution is 2.42. The first-order chi connectivity index (χ1) is 8.38. The van der Waals surface area contributed by atoms with Gasteiger partial charge in [-0.05, 0) is 30.7 Å². The minimum absolute atomic E-state index is 0.348. The van der Waals surface area contributed by atoms with Gasteiger partial charge in [-0.25, -0.2) is 8.42 Å². The number of nitrogens with two attached hydrogens (primary N) is 1. The van der Waals surface area contributed by atoms with Crippen molar-refractivity contribution >= 4 is 21.6 Å². The third kappa shape index (κ3) is 2.44. The number of hydrogen-bond acceptors (Lipinski definition) is 4. The number of hydrogen-bond donors (Lipinski definition) is 1. The highest BCUT2D eigenvalue weighted by Gasteiger charge is 2.34. The van der Waals surface area contributed by atoms with E-state index >= 15 is 0 Å². The van der Waals surface area contributed by atoms with Crippen LogP contribution in [0.1, 0.15) is 31.2 Å². The molecule has 0 aliphatic heterocycles. The van der Waals surface area contributed by atoms with Crippen molar-refractivity contribution in [3.8, 4) is 0 Å². The van der Waals surface area contributed by atoms with E-state index in [2.05, 4.69) is 0 Å². The van der Waals surface area contributed by atoms with Gasteiger partial charge in [-0.1, -0.05) is 25.0 Å². The Hall–Kier alpha value is -0.520. The Kier molecular flexibility index (Phi) is 3.76. The lowest BCUT2D eigenvalue weighted by molar-refractivity contribution is 0.451. The van der Waals surface area contributed by atoms with Gasteiger partial charge < -0.3 is 5.73 Å². The molecule has 0 saturated heterocycles. The molecule has 18 heavy (non-hydrogen) atoms. The Morgan fingerprint density at radius 3 is 2.39 bits per heavy atom. The van der Waals surface area contributed by atoms with E-state index in [4.69, 9.17) is 5.73 Å². The third-order valence-electron chi connectivity index (χ3n) is 3.61. The third-order valence-corrected chi connectivity index (χ3v) is 5.73. The predicted octanol–water partition coefficient (Wildman–Crippen LogP) is 2.54. The topological polar surface area (TPSA) is 60.2 Å². The van der Waals surface area contributed by atoms with Crippen molar-refractivity contribution < 1.29 is 8.42 Å². The number of thioether (sulfide) groups is 1. The van der Waals surface area contributed by atoms with Crippen molar-refractivity contribution in [3.05, 3.63) is 23.8 Å². The minimum Gasteiger partial charge on any atom is -0.321 e. The van der Waals surface area contributed by atoms with Crippen molar-refractivity contribution in [2.75, 3.05) is 12.5 Å². The summed E-state index contributed by atoms with van der Waals surface area (Å²) < 4.78 is 23.7. The summed E-state index contributed by atoms with van der Waals surface area (Å²) in [7, 11) is -3.20. The van der Waals surface area contributed by atoms with Gasteiger partial charge in [0.2, 0.25) is 0 Å². The zero-order valence-corrected chi connectivity index (χ0v) is 12.4. The molecule has 0 atom stereocenters. The average molecular weight is 285 g/mol. The summed E-state index contributed by atoms with van der Waals surface area (Å²) in [5.41, 5.74) is 7.11. The SMILES string of the molecule is CSc1c(C2(N)CCCC2)cccc1S(C)(=O)=O. The molecule has 1 aromatic rings. The van der Waals surface area contributed by atoms with Crippen LogP contribution in [-0.4, -0.2) is 20.9 Å². The van der Waals surface area contributed by atoms with Crippen LogP contribution in [0.15, 0.2) is 28.0 Å². The van der Waals surface area contributed by atoms with Gasteiger partial charge in [-0.3, -0.25) is 0 Å². The van der Waals surface area contributed by atoms with Crippen LogP contribution in [0.5, 0.6) is 0 Å². The largest absolute Gasteiger partial charge is 0.321 e. The molecule has 1 aliphatic carbocycles. The van der Waals surface area contributed by atoms with Gasteiger partial charge in [0.1, 0.15) is 0 Å². The first-order valence-corrected chi connectivity index (χ1v) is 9.16. The van der Waals surface area contributed by atoms with Crippen LogP contribution in [0.3, 0.4) is 0 Å². The lowest BCUT2D eigenvalue weighted by Gasteiger charge is -2.27. The van der Waals surface area contributed by atoms with Crippen LogP contribution in [0, 0.1) is 0 Å². The van der Waals surface area contributed by atoms with E-state index in [1.54, 1.807) is 12.1 Å². The average Bonchev–Trinajstić information content (AvgIpc) is 2.75. The fourth-order valence-electron chi connectivity index (χ4n) is 2.69. The molecule has 1 aliphatic rings. The molecular weight excluding hydrogens is 266 g/mol. The summed E-state index contributed by atoms with van der Waals surface area (Å²) in [5.74, 6) is 0. The van der Waals surface area contributed by atoms with Crippen LogP contribution >= 0.6 is 11.8 Å². The Morgan fingerprint density at radius 2 is 1.89 bits per heavy atom. The standard InChI is InChI=1S/C13H19NO2S2/c1-17-12-10(13(14)8-3-4-9-13)6-5-7-11(12)18(2,15)16/h5-7H,3-4,8-9,14H2,1-2H3. The summed E-state index contributed by atoms with van der Waals surface area (Å²) >= 11 is 1.48. The maximum atomic E-state index is 11.8. The van der Waals surface area contributed by atoms with Gasteiger partial charge in [0.05, 0.1) is 4.90 Å². The van der Waals surface area contributed by atoms with E-state index in [1.165, 1.54) is 18.0 Å². The predicted molar refractivity (Wildman–Crippen MR) is 75.7 cm³/mol. The number of benzene rings is 1. The Labute approximate surface area is 113 Å². The van der Waals surface area contributed by atoms with Gasteiger partial charge in [0.25, 0.3) is 0 Å². The van der Waals surface area contributed by atoms with E-state index < -0.39 is 9.84 Å². The first kappa shape index (κ1) is 13.9. The van der Waals surface area contributed by atoms with Crippen molar-refractivity contribution in [2.24, 2.45) is 5.73 Å². The van der Waals surface area contributed by atoms with Crippen molar-refractivity contribution in [1.82, 2.24) is 0 Å². The van der Waals surface area contributed by atoms with Crippen LogP contribution in [0.2, 0.25) is 0 Å². The van der Waals surface area contributed by atoms with E-state index in [-0.39, 0.29) is 5.54 Å². The molecule has 2 N–H and O–H groups in total. The van der Waals surface area contributed by atoms with Crippen LogP contribution in [0.4, 0.5) is 0 Å². The van der Waals surface area contributed by atoms with E-state index in [9.17, 15) is 8.42 Å². The summed E-state index contributed by atoms with van der Waals surface area (Å²) in [6.45, 7) is 0. The smallest absolute Gasteiger partial charge is 0.176 e. The van der Waals surface area contributed by atoms with Crippen molar-refractivity contribution in [3.63, 3.8) is 0 Å². The first-order valence-electron chi connectivity index (χ1n) is 6.05. The molecule has 1 saturated carbocycles. The van der Waals surface area contributed by atoms with Gasteiger partial charge in [-0.15, -0.1) is 11.8 Å². The summed E-state index contributed by atoms with van der Waals surface area (Å²) in [4.78, 5) is 1.23. The molecule has 0 amide bonds. The Morgan fingerprint density at radius 1 is 1.28 bits per heavy atom. The molecule has 100 valence electrons. The Balaban J connectivity index is 2.62.